The molecule has 3 nitrogen and oxygen atoms in total. The average Bonchev–Trinajstić information content (AvgIpc) is 2.48. The molecule has 0 bridgehead atoms. The molecule has 21 heavy (non-hydrogen) atoms. The van der Waals surface area contributed by atoms with Crippen LogP contribution in [0.1, 0.15) is 5.56 Å². The van der Waals surface area contributed by atoms with E-state index in [0.717, 1.165) is 11.0 Å². The van der Waals surface area contributed by atoms with Crippen molar-refractivity contribution in [1.82, 2.24) is 4.90 Å². The summed E-state index contributed by atoms with van der Waals surface area (Å²) in [6, 6.07) is 3.13. The number of rotatable bonds is 2. The Kier molecular flexibility index (Phi) is 4.13. The number of carbonyl (C=O) groups is 1. The van der Waals surface area contributed by atoms with Crippen LogP contribution in [0.4, 0.5) is 23.7 Å². The van der Waals surface area contributed by atoms with Crippen LogP contribution < -0.4 is 5.32 Å². The van der Waals surface area contributed by atoms with Gasteiger partial charge in [0.2, 0.25) is 0 Å². The minimum atomic E-state index is -4.76. The van der Waals surface area contributed by atoms with Gasteiger partial charge in [0.15, 0.2) is 4.87 Å². The summed E-state index contributed by atoms with van der Waals surface area (Å²) < 4.78 is 40.5. The van der Waals surface area contributed by atoms with Crippen molar-refractivity contribution in [3.05, 3.63) is 41.4 Å². The third kappa shape index (κ3) is 2.82. The molecule has 1 aliphatic rings. The molecule has 0 radical (unpaired) electrons. The molecule has 0 aliphatic carbocycles. The first kappa shape index (κ1) is 16.0. The fraction of sp³-hybridized carbons (Fsp3) is 0.308. The predicted molar refractivity (Wildman–Crippen MR) is 75.8 cm³/mol. The highest BCUT2D eigenvalue weighted by atomic mass is 35.5. The molecule has 114 valence electrons. The van der Waals surface area contributed by atoms with Crippen LogP contribution in [0.25, 0.3) is 0 Å². The van der Waals surface area contributed by atoms with Gasteiger partial charge >= 0.3 is 12.2 Å². The molecule has 1 unspecified atom stereocenters. The molecular weight excluding hydrogens is 328 g/mol. The number of halogens is 5. The van der Waals surface area contributed by atoms with Gasteiger partial charge in [0, 0.05) is 22.8 Å². The Morgan fingerprint density at radius 3 is 2.71 bits per heavy atom. The zero-order valence-electron chi connectivity index (χ0n) is 10.7. The van der Waals surface area contributed by atoms with Gasteiger partial charge in [-0.3, -0.25) is 0 Å². The Hall–Kier alpha value is -1.40. The summed E-state index contributed by atoms with van der Waals surface area (Å²) in [7, 11) is 0. The highest BCUT2D eigenvalue weighted by Gasteiger charge is 2.58. The highest BCUT2D eigenvalue weighted by Crippen LogP contribution is 2.49. The number of carbonyl (C=O) groups excluding carboxylic acids is 1. The van der Waals surface area contributed by atoms with Gasteiger partial charge in [0.1, 0.15) is 0 Å². The number of benzene rings is 1. The summed E-state index contributed by atoms with van der Waals surface area (Å²) in [6.45, 7) is 2.64. The summed E-state index contributed by atoms with van der Waals surface area (Å²) in [6.07, 6.45) is -3.43. The van der Waals surface area contributed by atoms with Gasteiger partial charge in [-0.15, -0.1) is 18.2 Å². The van der Waals surface area contributed by atoms with Crippen LogP contribution in [-0.4, -0.2) is 30.2 Å². The van der Waals surface area contributed by atoms with Crippen molar-refractivity contribution >= 4 is 34.9 Å². The number of amides is 2. The van der Waals surface area contributed by atoms with E-state index in [2.05, 4.69) is 11.9 Å². The van der Waals surface area contributed by atoms with Crippen LogP contribution in [0, 0.1) is 0 Å². The Morgan fingerprint density at radius 1 is 1.48 bits per heavy atom. The van der Waals surface area contributed by atoms with E-state index in [1.807, 2.05) is 0 Å². The van der Waals surface area contributed by atoms with E-state index < -0.39 is 23.6 Å². The summed E-state index contributed by atoms with van der Waals surface area (Å²) in [5.74, 6) is 0. The minimum absolute atomic E-state index is 0.0108. The quantitative estimate of drug-likeness (QED) is 0.630. The van der Waals surface area contributed by atoms with Gasteiger partial charge < -0.3 is 10.2 Å². The van der Waals surface area contributed by atoms with E-state index in [1.165, 1.54) is 18.2 Å². The van der Waals surface area contributed by atoms with Gasteiger partial charge in [0.25, 0.3) is 0 Å². The maximum atomic E-state index is 13.5. The first-order valence-corrected chi connectivity index (χ1v) is 6.67. The first-order valence-electron chi connectivity index (χ1n) is 5.91. The van der Waals surface area contributed by atoms with Crippen LogP contribution in [0.15, 0.2) is 30.9 Å². The van der Waals surface area contributed by atoms with E-state index in [0.29, 0.717) is 0 Å². The van der Waals surface area contributed by atoms with Gasteiger partial charge in [0.05, 0.1) is 6.54 Å². The van der Waals surface area contributed by atoms with Crippen LogP contribution in [0.5, 0.6) is 0 Å². The zero-order chi connectivity index (χ0) is 15.8. The van der Waals surface area contributed by atoms with Crippen LogP contribution in [0.3, 0.4) is 0 Å². The molecule has 1 aromatic rings. The van der Waals surface area contributed by atoms with Crippen molar-refractivity contribution in [2.45, 2.75) is 11.1 Å². The van der Waals surface area contributed by atoms with Crippen molar-refractivity contribution in [1.29, 1.82) is 0 Å². The number of hydrogen-bond acceptors (Lipinski definition) is 1. The summed E-state index contributed by atoms with van der Waals surface area (Å²) in [5.41, 5.74) is -0.285. The molecule has 2 rings (SSSR count). The molecule has 1 N–H and O–H groups in total. The van der Waals surface area contributed by atoms with Crippen molar-refractivity contribution in [3.8, 4) is 0 Å². The highest BCUT2D eigenvalue weighted by molar-refractivity contribution is 6.31. The van der Waals surface area contributed by atoms with Crippen LogP contribution >= 0.6 is 23.2 Å². The molecule has 1 heterocycles. The lowest BCUT2D eigenvalue weighted by Crippen LogP contribution is -2.47. The number of anilines is 1. The average molecular weight is 339 g/mol. The third-order valence-electron chi connectivity index (χ3n) is 3.14. The Morgan fingerprint density at radius 2 is 2.14 bits per heavy atom. The lowest BCUT2D eigenvalue weighted by atomic mass is 9.95. The molecule has 1 atom stereocenters. The largest absolute Gasteiger partial charge is 0.413 e. The third-order valence-corrected chi connectivity index (χ3v) is 3.92. The molecule has 1 aliphatic heterocycles. The second kappa shape index (κ2) is 5.42. The van der Waals surface area contributed by atoms with Crippen molar-refractivity contribution in [2.24, 2.45) is 0 Å². The van der Waals surface area contributed by atoms with Crippen molar-refractivity contribution in [3.63, 3.8) is 0 Å². The second-order valence-electron chi connectivity index (χ2n) is 4.59. The number of fused-ring (bicyclic) bond motifs is 1. The minimum Gasteiger partial charge on any atom is -0.318 e. The molecule has 0 fully saturated rings. The summed E-state index contributed by atoms with van der Waals surface area (Å²) >= 11 is 11.7. The molecule has 0 saturated carbocycles. The molecule has 0 spiro atoms. The summed E-state index contributed by atoms with van der Waals surface area (Å²) in [5, 5.41) is 2.51. The van der Waals surface area contributed by atoms with Gasteiger partial charge in [-0.1, -0.05) is 17.7 Å². The van der Waals surface area contributed by atoms with Gasteiger partial charge in [-0.05, 0) is 18.2 Å². The number of alkyl halides is 4. The summed E-state index contributed by atoms with van der Waals surface area (Å²) in [4.78, 5) is 10.2. The standard InChI is InChI=1S/C13H11Cl2F3N2O/c1-2-5-20-7-12(15,13(16,17)18)9-6-8(14)3-4-10(9)19-11(20)21/h2-4,6H,1,5,7H2,(H,19,21). The molecule has 0 aromatic heterocycles. The van der Waals surface area contributed by atoms with E-state index in [-0.39, 0.29) is 22.8 Å². The van der Waals surface area contributed by atoms with Crippen LogP contribution in [0.2, 0.25) is 5.02 Å². The van der Waals surface area contributed by atoms with Crippen molar-refractivity contribution in [2.75, 3.05) is 18.4 Å². The molecular formula is C13H11Cl2F3N2O. The van der Waals surface area contributed by atoms with E-state index in [9.17, 15) is 18.0 Å². The van der Waals surface area contributed by atoms with Gasteiger partial charge in [-0.25, -0.2) is 4.79 Å². The molecule has 2 amide bonds. The zero-order valence-corrected chi connectivity index (χ0v) is 12.2. The maximum Gasteiger partial charge on any atom is 0.413 e. The number of urea groups is 1. The number of nitrogens with zero attached hydrogens (tertiary/aromatic N) is 1. The van der Waals surface area contributed by atoms with E-state index in [1.54, 1.807) is 0 Å². The van der Waals surface area contributed by atoms with Crippen LogP contribution in [-0.2, 0) is 4.87 Å². The SMILES string of the molecule is C=CCN1CC(Cl)(C(F)(F)F)c2cc(Cl)ccc2NC1=O. The normalized spacial score (nSPS) is 22.3. The topological polar surface area (TPSA) is 32.3 Å². The maximum absolute atomic E-state index is 13.5. The lowest BCUT2D eigenvalue weighted by molar-refractivity contribution is -0.167. The predicted octanol–water partition coefficient (Wildman–Crippen LogP) is 4.37. The van der Waals surface area contributed by atoms with E-state index in [4.69, 9.17) is 23.2 Å². The monoisotopic (exact) mass is 338 g/mol. The molecule has 8 heteroatoms. The lowest BCUT2D eigenvalue weighted by Gasteiger charge is -2.32. The number of nitrogens with one attached hydrogen (secondary N) is 1. The Bertz CT molecular complexity index is 591. The Labute approximate surface area is 129 Å². The number of hydrogen-bond donors (Lipinski definition) is 1. The fourth-order valence-electron chi connectivity index (χ4n) is 2.11. The fourth-order valence-corrected chi connectivity index (χ4v) is 2.59. The Balaban J connectivity index is 2.63. The molecule has 0 saturated heterocycles. The first-order chi connectivity index (χ1) is 9.69. The van der Waals surface area contributed by atoms with E-state index >= 15 is 0 Å². The van der Waals surface area contributed by atoms with Crippen molar-refractivity contribution < 1.29 is 18.0 Å². The molecule has 1 aromatic carbocycles. The smallest absolute Gasteiger partial charge is 0.318 e. The second-order valence-corrected chi connectivity index (χ2v) is 5.67. The van der Waals surface area contributed by atoms with Gasteiger partial charge in [-0.2, -0.15) is 13.2 Å².